The first-order chi connectivity index (χ1) is 74.3. The summed E-state index contributed by atoms with van der Waals surface area (Å²) in [6.07, 6.45) is 12.4. The van der Waals surface area contributed by atoms with Gasteiger partial charge in [0.1, 0.15) is 67.2 Å². The van der Waals surface area contributed by atoms with E-state index in [1.54, 1.807) is 176 Å². The zero-order chi connectivity index (χ0) is 116. The average molecular weight is 1660 g/mol. The largest absolute Gasteiger partial charge is 0.455 e. The first-order valence-corrected chi connectivity index (χ1v) is 40.2. The Bertz CT molecular complexity index is 9200. The van der Waals surface area contributed by atoms with E-state index in [4.69, 9.17) is 67.0 Å². The van der Waals surface area contributed by atoms with Gasteiger partial charge in [0.05, 0.1) is 39.3 Å². The molecule has 4 aliphatic carbocycles. The number of hydrogen-bond donors (Lipinski definition) is 0. The lowest BCUT2D eigenvalue weighted by Gasteiger charge is -2.20. The minimum atomic E-state index is -2.99. The smallest absolute Gasteiger partial charge is 0.216 e. The maximum absolute atomic E-state index is 8.56. The molecular formula is C112H100N8O4+4. The van der Waals surface area contributed by atoms with E-state index in [1.807, 2.05) is 117 Å². The van der Waals surface area contributed by atoms with Gasteiger partial charge in [-0.3, -0.25) is 19.9 Å². The van der Waals surface area contributed by atoms with Crippen LogP contribution in [0.3, 0.4) is 0 Å². The Kier molecular flexibility index (Phi) is 10.7. The molecule has 0 aliphatic heterocycles. The molecule has 0 saturated carbocycles. The van der Waals surface area contributed by atoms with Crippen molar-refractivity contribution in [3.05, 3.63) is 333 Å². The monoisotopic (exact) mass is 1660 g/mol. The van der Waals surface area contributed by atoms with E-state index in [0.29, 0.717) is 166 Å². The zero-order valence-electron chi connectivity index (χ0n) is 104. The van der Waals surface area contributed by atoms with Crippen LogP contribution in [-0.2, 0) is 49.9 Å². The normalized spacial score (nSPS) is 19.7. The molecule has 12 nitrogen and oxygen atoms in total. The fourth-order valence-electron chi connectivity index (χ4n) is 18.9. The van der Waals surface area contributed by atoms with Gasteiger partial charge in [-0.25, -0.2) is 18.3 Å². The SMILES string of the molecule is [2H]C([2H])([2H])c1cc[n+](C)c(-c2c(C)ccc3c2oc2c4c(ccc23)-c2cccnc2C4(C([2H])([2H])[2H])C([2H])([2H])[2H])c1.[2H]C([2H])([2H])c1cc[n+](C)c(-c2c(C)ccc3c2oc2c4c(cnc23)C(C([2H])([2H])[2H])(C([2H])([2H])[2H])c2ccccc2-4)c1.[2H]C([2H])([2H])c1cc[n+](C)c(-c2c(C)ccc3c2oc2c4c(ncc23)C(C([2H])([2H])[2H])(C([2H])([2H])[2H])c2ccccc2-4)c1.[2H]C([2H])([2H])c1cc[n+](C)c(-c2c(C)ccc3c2oc2cc4c(cc23)C(C([2H])([2H])[2H])(C([2H])([2H])[2H])c2ncccc2-4)c1. The minimum Gasteiger partial charge on any atom is -0.455 e. The van der Waals surface area contributed by atoms with Crippen LogP contribution in [0.2, 0.25) is 0 Å². The highest BCUT2D eigenvalue weighted by Crippen LogP contribution is 2.57. The van der Waals surface area contributed by atoms with Crippen LogP contribution < -0.4 is 18.3 Å². The number of pyridine rings is 8. The fraction of sp³-hybridized carbons (Fsp3) is 0.214. The maximum Gasteiger partial charge on any atom is 0.216 e. The molecule has 0 N–H and O–H groups in total. The van der Waals surface area contributed by atoms with Crippen LogP contribution in [0, 0.1) is 55.1 Å². The first kappa shape index (κ1) is 47.5. The summed E-state index contributed by atoms with van der Waals surface area (Å²) in [5, 5.41) is 4.40. The van der Waals surface area contributed by atoms with Crippen molar-refractivity contribution in [1.29, 1.82) is 0 Å². The lowest BCUT2D eigenvalue weighted by molar-refractivity contribution is -0.660. The molecule has 608 valence electrons. The molecule has 12 heterocycles. The van der Waals surface area contributed by atoms with Crippen molar-refractivity contribution in [2.24, 2.45) is 28.2 Å². The van der Waals surface area contributed by atoms with Gasteiger partial charge in [-0.05, 0) is 194 Å². The van der Waals surface area contributed by atoms with Crippen LogP contribution in [0.5, 0.6) is 0 Å². The topological polar surface area (TPSA) is 120 Å². The molecule has 4 aliphatic rings. The van der Waals surface area contributed by atoms with Crippen LogP contribution in [0.15, 0.2) is 261 Å². The molecule has 0 unspecified atom stereocenters. The molecule has 24 rings (SSSR count). The van der Waals surface area contributed by atoms with E-state index in [-0.39, 0.29) is 78.3 Å². The van der Waals surface area contributed by atoms with E-state index in [0.717, 1.165) is 22.3 Å². The van der Waals surface area contributed by atoms with Gasteiger partial charge in [0.25, 0.3) is 0 Å². The van der Waals surface area contributed by atoms with E-state index >= 15 is 0 Å². The maximum atomic E-state index is 8.56. The molecule has 0 amide bonds. The van der Waals surface area contributed by atoms with Crippen LogP contribution in [-0.4, -0.2) is 19.9 Å². The predicted octanol–water partition coefficient (Wildman–Crippen LogP) is 25.6. The first-order valence-electron chi connectivity index (χ1n) is 58.2. The van der Waals surface area contributed by atoms with Gasteiger partial charge in [-0.15, -0.1) is 0 Å². The van der Waals surface area contributed by atoms with Gasteiger partial charge in [-0.1, -0.05) is 150 Å². The standard InChI is InChI=1S/4C28H25N2O/c1-16-12-14-30(5)22(15-16)23-17(2)8-9-19-20-11-10-18-21-7-6-13-29-27(21)28(3,4)24(18)26(20)31-25(19)23;1-16-10-12-30(5)23(13-16)25-17(2)8-9-18-21-14-22-20(15-24(21)31-26(18)25)19-7-6-11-29-27(19)28(22,3)4;1-16-12-13-30(5)22(14-16)23-17(2)10-11-18-20-15-29-27-24(26(20)31-25(18)23)19-8-6-7-9-21(19)28(27,3)4;1-16-12-13-30(5)22(14-16)23-17(2)10-11-19-25-27(31-26(19)23)24-18-8-6-7-9-20(18)28(3,4)21(24)15-29-25/h4*6-15H,1-5H3/q4*+1/i4*1D3,3D3,4D3. The van der Waals surface area contributed by atoms with Crippen LogP contribution in [0.1, 0.15) is 194 Å². The van der Waals surface area contributed by atoms with Crippen molar-refractivity contribution in [2.75, 3.05) is 0 Å². The molecular weight excluding hydrogens is 1520 g/mol. The molecule has 124 heavy (non-hydrogen) atoms. The summed E-state index contributed by atoms with van der Waals surface area (Å²) >= 11 is 0. The molecule has 0 atom stereocenters. The number of furan rings is 4. The molecule has 0 fully saturated rings. The number of hydrogen-bond acceptors (Lipinski definition) is 8. The molecule has 8 aromatic carbocycles. The van der Waals surface area contributed by atoms with Crippen molar-refractivity contribution < 1.29 is 85.3 Å². The second-order valence-corrected chi connectivity index (χ2v) is 32.7. The van der Waals surface area contributed by atoms with Gasteiger partial charge < -0.3 is 17.7 Å². The van der Waals surface area contributed by atoms with Crippen molar-refractivity contribution in [2.45, 2.75) is 132 Å². The quantitative estimate of drug-likeness (QED) is 0.160. The lowest BCUT2D eigenvalue weighted by atomic mass is 9.83. The summed E-state index contributed by atoms with van der Waals surface area (Å²) in [5.74, 6) is 0. The third-order valence-corrected chi connectivity index (χ3v) is 25.0. The van der Waals surface area contributed by atoms with Crippen LogP contribution >= 0.6 is 0 Å². The second-order valence-electron chi connectivity index (χ2n) is 32.7. The third kappa shape index (κ3) is 11.5. The molecule has 12 aromatic heterocycles. The summed E-state index contributed by atoms with van der Waals surface area (Å²) in [7, 11) is 7.25. The fourth-order valence-corrected chi connectivity index (χ4v) is 18.9. The minimum absolute atomic E-state index is 0.00648. The number of nitrogens with zero attached hydrogens (tertiary/aromatic N) is 8. The van der Waals surface area contributed by atoms with Gasteiger partial charge in [0.15, 0.2) is 36.0 Å². The van der Waals surface area contributed by atoms with Gasteiger partial charge in [0, 0.05) is 210 Å². The van der Waals surface area contributed by atoms with Crippen molar-refractivity contribution >= 4 is 87.9 Å². The van der Waals surface area contributed by atoms with Crippen molar-refractivity contribution in [3.8, 4) is 89.5 Å². The summed E-state index contributed by atoms with van der Waals surface area (Å²) in [4.78, 5) is 17.8. The van der Waals surface area contributed by atoms with E-state index in [1.165, 1.54) is 24.8 Å². The second kappa shape index (κ2) is 27.8. The summed E-state index contributed by atoms with van der Waals surface area (Å²) < 4.78 is 331. The van der Waals surface area contributed by atoms with Gasteiger partial charge in [-0.2, -0.15) is 0 Å². The Labute approximate surface area is 773 Å². The molecule has 12 heteroatoms. The molecule has 20 aromatic rings. The Morgan fingerprint density at radius 2 is 0.694 bits per heavy atom. The number of aryl methyl sites for hydroxylation is 12. The van der Waals surface area contributed by atoms with Gasteiger partial charge >= 0.3 is 0 Å². The zero-order valence-corrected chi connectivity index (χ0v) is 68.3. The van der Waals surface area contributed by atoms with Crippen molar-refractivity contribution in [1.82, 2.24) is 19.9 Å². The Morgan fingerprint density at radius 3 is 1.23 bits per heavy atom. The average Bonchev–Trinajstić information content (AvgIpc) is 1.53. The van der Waals surface area contributed by atoms with Crippen molar-refractivity contribution in [3.63, 3.8) is 0 Å². The van der Waals surface area contributed by atoms with E-state index < -0.39 is 104 Å². The van der Waals surface area contributed by atoms with Crippen LogP contribution in [0.25, 0.3) is 177 Å². The Morgan fingerprint density at radius 1 is 0.282 bits per heavy atom. The lowest BCUT2D eigenvalue weighted by Crippen LogP contribution is -2.30. The Hall–Kier alpha value is -13.8. The van der Waals surface area contributed by atoms with E-state index in [2.05, 4.69) is 19.9 Å². The molecule has 0 radical (unpaired) electrons. The number of aromatic nitrogens is 8. The molecule has 0 bridgehead atoms. The Balaban J connectivity index is 0.000000123. The number of fused-ring (bicyclic) bond motifs is 27. The summed E-state index contributed by atoms with van der Waals surface area (Å²) in [5.41, 5.74) is 7.46. The third-order valence-electron chi connectivity index (χ3n) is 25.0. The summed E-state index contributed by atoms with van der Waals surface area (Å²) in [6, 6.07) is 54.5. The molecule has 0 spiro atoms. The van der Waals surface area contributed by atoms with Gasteiger partial charge in [0.2, 0.25) is 22.8 Å². The molecule has 0 saturated heterocycles. The predicted molar refractivity (Wildman–Crippen MR) is 501 cm³/mol. The van der Waals surface area contributed by atoms with Crippen LogP contribution in [0.4, 0.5) is 0 Å². The summed E-state index contributed by atoms with van der Waals surface area (Å²) in [6.45, 7) is -25.2. The number of benzene rings is 8. The highest BCUT2D eigenvalue weighted by molar-refractivity contribution is 6.17. The highest BCUT2D eigenvalue weighted by Gasteiger charge is 2.44. The van der Waals surface area contributed by atoms with E-state index in [9.17, 15) is 0 Å². The highest BCUT2D eigenvalue weighted by atomic mass is 16.3. The number of rotatable bonds is 4.